The topological polar surface area (TPSA) is 102 Å². The lowest BCUT2D eigenvalue weighted by molar-refractivity contribution is -0.145. The first-order chi connectivity index (χ1) is 18.5. The predicted octanol–water partition coefficient (Wildman–Crippen LogP) is 5.49. The number of benzene rings is 2. The SMILES string of the molecule is COC(=O)[C@@H](C)[C@H](c1ccc2c(c1)OC(c1ccc(-c3cc(OC)ncc3C#N)c(CO)c1)CC2)C1CC1. The molecule has 5 rings (SSSR count). The van der Waals surface area contributed by atoms with Crippen molar-refractivity contribution in [3.05, 3.63) is 76.5 Å². The number of carbonyl (C=O) groups excluding carboxylic acids is 1. The summed E-state index contributed by atoms with van der Waals surface area (Å²) >= 11 is 0. The first-order valence-corrected chi connectivity index (χ1v) is 13.0. The molecule has 1 N–H and O–H groups in total. The Morgan fingerprint density at radius 1 is 1.16 bits per heavy atom. The summed E-state index contributed by atoms with van der Waals surface area (Å²) in [5.74, 6) is 1.47. The van der Waals surface area contributed by atoms with Gasteiger partial charge in [-0.3, -0.25) is 4.79 Å². The first kappa shape index (κ1) is 25.7. The average molecular weight is 513 g/mol. The second kappa shape index (κ2) is 10.8. The average Bonchev–Trinajstić information content (AvgIpc) is 3.80. The fourth-order valence-corrected chi connectivity index (χ4v) is 5.65. The number of hydrogen-bond acceptors (Lipinski definition) is 7. The van der Waals surface area contributed by atoms with Crippen LogP contribution in [0.25, 0.3) is 11.1 Å². The van der Waals surface area contributed by atoms with Crippen LogP contribution in [0.1, 0.15) is 66.0 Å². The van der Waals surface area contributed by atoms with Crippen molar-refractivity contribution in [1.82, 2.24) is 4.98 Å². The molecule has 0 amide bonds. The highest BCUT2D eigenvalue weighted by atomic mass is 16.5. The van der Waals surface area contributed by atoms with Crippen molar-refractivity contribution in [2.24, 2.45) is 11.8 Å². The van der Waals surface area contributed by atoms with E-state index >= 15 is 0 Å². The van der Waals surface area contributed by atoms with Crippen LogP contribution in [-0.2, 0) is 22.6 Å². The Kier molecular flexibility index (Phi) is 7.35. The monoisotopic (exact) mass is 512 g/mol. The van der Waals surface area contributed by atoms with Gasteiger partial charge >= 0.3 is 5.97 Å². The molecule has 196 valence electrons. The summed E-state index contributed by atoms with van der Waals surface area (Å²) in [4.78, 5) is 16.5. The van der Waals surface area contributed by atoms with Crippen molar-refractivity contribution in [3.63, 3.8) is 0 Å². The molecule has 7 heteroatoms. The molecule has 38 heavy (non-hydrogen) atoms. The molecule has 7 nitrogen and oxygen atoms in total. The number of nitrogens with zero attached hydrogens (tertiary/aromatic N) is 2. The van der Waals surface area contributed by atoms with Crippen molar-refractivity contribution in [2.75, 3.05) is 14.2 Å². The maximum Gasteiger partial charge on any atom is 0.309 e. The number of rotatable bonds is 8. The predicted molar refractivity (Wildman–Crippen MR) is 142 cm³/mol. The van der Waals surface area contributed by atoms with E-state index in [2.05, 4.69) is 29.3 Å². The van der Waals surface area contributed by atoms with Gasteiger partial charge in [-0.25, -0.2) is 4.98 Å². The molecule has 1 fully saturated rings. The maximum atomic E-state index is 12.3. The molecule has 0 bridgehead atoms. The van der Waals surface area contributed by atoms with Crippen molar-refractivity contribution < 1.29 is 24.1 Å². The molecule has 0 radical (unpaired) electrons. The van der Waals surface area contributed by atoms with Gasteiger partial charge in [-0.05, 0) is 77.5 Å². The molecule has 2 aliphatic rings. The van der Waals surface area contributed by atoms with Gasteiger partial charge in [-0.15, -0.1) is 0 Å². The van der Waals surface area contributed by atoms with Crippen molar-refractivity contribution in [2.45, 2.75) is 51.2 Å². The fourth-order valence-electron chi connectivity index (χ4n) is 5.65. The molecule has 1 aliphatic heterocycles. The summed E-state index contributed by atoms with van der Waals surface area (Å²) in [6.07, 6.45) is 5.25. The normalized spacial score (nSPS) is 17.9. The van der Waals surface area contributed by atoms with Crippen LogP contribution < -0.4 is 9.47 Å². The third-order valence-electron chi connectivity index (χ3n) is 7.83. The van der Waals surface area contributed by atoms with E-state index in [-0.39, 0.29) is 30.5 Å². The van der Waals surface area contributed by atoms with Gasteiger partial charge in [0.05, 0.1) is 32.3 Å². The largest absolute Gasteiger partial charge is 0.485 e. The van der Waals surface area contributed by atoms with Crippen molar-refractivity contribution in [1.29, 1.82) is 5.26 Å². The standard InChI is InChI=1S/C31H32N2O5/c1-18(31(35)37-3)30(20-5-6-20)22-7-4-19-9-11-27(38-28(19)13-22)21-8-10-25(23(12-21)17-34)26-14-29(36-2)33-16-24(26)15-32/h4,7-8,10,12-14,16,18,20,27,30,34H,5-6,9,11,17H2,1-3H3/t18-,27?,30-/m0/s1. The van der Waals surface area contributed by atoms with Crippen LogP contribution in [0, 0.1) is 23.2 Å². The zero-order chi connectivity index (χ0) is 26.8. The summed E-state index contributed by atoms with van der Waals surface area (Å²) in [7, 11) is 2.97. The van der Waals surface area contributed by atoms with Gasteiger partial charge in [-0.2, -0.15) is 5.26 Å². The summed E-state index contributed by atoms with van der Waals surface area (Å²) in [5.41, 5.74) is 5.79. The molecular weight excluding hydrogens is 480 g/mol. The number of nitriles is 1. The Morgan fingerprint density at radius 2 is 1.97 bits per heavy atom. The molecular formula is C31H32N2O5. The van der Waals surface area contributed by atoms with E-state index in [4.69, 9.17) is 14.2 Å². The molecule has 1 unspecified atom stereocenters. The summed E-state index contributed by atoms with van der Waals surface area (Å²) < 4.78 is 16.8. The van der Waals surface area contributed by atoms with Gasteiger partial charge in [0, 0.05) is 17.8 Å². The maximum absolute atomic E-state index is 12.3. The van der Waals surface area contributed by atoms with E-state index in [1.807, 2.05) is 25.1 Å². The van der Waals surface area contributed by atoms with Crippen LogP contribution in [0.3, 0.4) is 0 Å². The second-order valence-electron chi connectivity index (χ2n) is 10.1. The lowest BCUT2D eigenvalue weighted by Gasteiger charge is -2.29. The van der Waals surface area contributed by atoms with Gasteiger partial charge in [0.2, 0.25) is 5.88 Å². The van der Waals surface area contributed by atoms with Gasteiger partial charge in [-0.1, -0.05) is 31.2 Å². The van der Waals surface area contributed by atoms with E-state index in [1.165, 1.54) is 20.4 Å². The number of fused-ring (bicyclic) bond motifs is 1. The number of carbonyl (C=O) groups is 1. The molecule has 1 aromatic heterocycles. The summed E-state index contributed by atoms with van der Waals surface area (Å²) in [5, 5.41) is 19.8. The number of aromatic nitrogens is 1. The van der Waals surface area contributed by atoms with Crippen molar-refractivity contribution in [3.8, 4) is 28.8 Å². The quantitative estimate of drug-likeness (QED) is 0.398. The Balaban J connectivity index is 1.44. The highest BCUT2D eigenvalue weighted by Crippen LogP contribution is 2.48. The number of ether oxygens (including phenoxy) is 3. The number of aliphatic hydroxyl groups excluding tert-OH is 1. The van der Waals surface area contributed by atoms with Crippen LogP contribution in [0.2, 0.25) is 0 Å². The minimum atomic E-state index is -0.213. The van der Waals surface area contributed by atoms with Gasteiger partial charge < -0.3 is 19.3 Å². The summed E-state index contributed by atoms with van der Waals surface area (Å²) in [6, 6.07) is 16.1. The molecule has 2 aromatic carbocycles. The zero-order valence-corrected chi connectivity index (χ0v) is 21.9. The minimum absolute atomic E-state index is 0.115. The van der Waals surface area contributed by atoms with Crippen molar-refractivity contribution >= 4 is 5.97 Å². The Hall–Kier alpha value is -3.89. The number of pyridine rings is 1. The van der Waals surface area contributed by atoms with Crippen LogP contribution in [0.4, 0.5) is 0 Å². The summed E-state index contributed by atoms with van der Waals surface area (Å²) in [6.45, 7) is 1.77. The highest BCUT2D eigenvalue weighted by Gasteiger charge is 2.39. The van der Waals surface area contributed by atoms with Crippen LogP contribution in [0.15, 0.2) is 48.7 Å². The minimum Gasteiger partial charge on any atom is -0.485 e. The van der Waals surface area contributed by atoms with E-state index in [9.17, 15) is 15.2 Å². The van der Waals surface area contributed by atoms with E-state index in [0.29, 0.717) is 28.5 Å². The molecule has 0 spiro atoms. The number of aliphatic hydroxyl groups is 1. The Labute approximate surface area is 223 Å². The van der Waals surface area contributed by atoms with E-state index in [1.54, 1.807) is 6.07 Å². The number of aryl methyl sites for hydroxylation is 1. The lowest BCUT2D eigenvalue weighted by Crippen LogP contribution is -2.23. The lowest BCUT2D eigenvalue weighted by atomic mass is 9.82. The molecule has 0 saturated heterocycles. The Morgan fingerprint density at radius 3 is 2.66 bits per heavy atom. The first-order valence-electron chi connectivity index (χ1n) is 13.0. The number of hydrogen-bond donors (Lipinski definition) is 1. The highest BCUT2D eigenvalue weighted by molar-refractivity contribution is 5.74. The fraction of sp³-hybridized carbons (Fsp3) is 0.387. The third-order valence-corrected chi connectivity index (χ3v) is 7.83. The molecule has 1 saturated carbocycles. The molecule has 1 aliphatic carbocycles. The van der Waals surface area contributed by atoms with Gasteiger partial charge in [0.25, 0.3) is 0 Å². The molecule has 3 atom stereocenters. The number of esters is 1. The Bertz CT molecular complexity index is 1390. The zero-order valence-electron chi connectivity index (χ0n) is 21.9. The van der Waals surface area contributed by atoms with Crippen LogP contribution in [-0.4, -0.2) is 30.3 Å². The van der Waals surface area contributed by atoms with Gasteiger partial charge in [0.15, 0.2) is 0 Å². The van der Waals surface area contributed by atoms with Crippen LogP contribution in [0.5, 0.6) is 11.6 Å². The van der Waals surface area contributed by atoms with Crippen LogP contribution >= 0.6 is 0 Å². The van der Waals surface area contributed by atoms with E-state index in [0.717, 1.165) is 53.7 Å². The second-order valence-corrected chi connectivity index (χ2v) is 10.1. The van der Waals surface area contributed by atoms with Gasteiger partial charge in [0.1, 0.15) is 17.9 Å². The van der Waals surface area contributed by atoms with E-state index < -0.39 is 0 Å². The molecule has 2 heterocycles. The third kappa shape index (κ3) is 4.97. The number of methoxy groups -OCH3 is 2. The smallest absolute Gasteiger partial charge is 0.309 e. The molecule has 3 aromatic rings.